The molecular formula is C24H21ClFeN2O3+2. The van der Waals surface area contributed by atoms with Crippen molar-refractivity contribution >= 4 is 23.4 Å². The average molecular weight is 477 g/mol. The summed E-state index contributed by atoms with van der Waals surface area (Å²) in [4.78, 5) is 24.5. The molecule has 2 aliphatic rings. The molecule has 0 atom stereocenters. The second-order valence-electron chi connectivity index (χ2n) is 6.36. The van der Waals surface area contributed by atoms with Gasteiger partial charge in [0.15, 0.2) is 11.5 Å². The Labute approximate surface area is 200 Å². The van der Waals surface area contributed by atoms with Crippen molar-refractivity contribution < 1.29 is 31.4 Å². The molecule has 4 rings (SSSR count). The Bertz CT molecular complexity index is 833. The number of rotatable bonds is 6. The van der Waals surface area contributed by atoms with Gasteiger partial charge in [0.05, 0.1) is 6.61 Å². The Morgan fingerprint density at radius 1 is 0.968 bits per heavy atom. The number of halogens is 1. The standard InChI is InChI=1S/C19H16ClN2O3.C5H5.Fe/c1-2-25-19(24)16-11-17(13-5-3-4-6-13)22(21-16)12-18(23)14-7-9-15(20)10-8-14;1-2-4-5-3-1;/h3-11H,2,12H2,1H3;1-5H;/q;;+2. The van der Waals surface area contributed by atoms with Gasteiger partial charge in [-0.1, -0.05) is 11.6 Å². The van der Waals surface area contributed by atoms with Crippen LogP contribution in [0, 0.1) is 63.7 Å². The maximum Gasteiger partial charge on any atom is 2.00 e. The van der Waals surface area contributed by atoms with E-state index in [1.807, 2.05) is 57.8 Å². The SMILES string of the molecule is CCOC(=O)c1cc([C]2[CH][CH][CH][CH]2)n(CC(=O)c2ccc(Cl)cc2)n1.[CH]1[CH][CH][CH][CH]1.[Fe+2]. The van der Waals surface area contributed by atoms with Gasteiger partial charge in [-0.05, 0) is 95.0 Å². The van der Waals surface area contributed by atoms with Crippen LogP contribution in [0.5, 0.6) is 0 Å². The summed E-state index contributed by atoms with van der Waals surface area (Å²) in [6.45, 7) is 2.01. The first-order valence-corrected chi connectivity index (χ1v) is 9.88. The van der Waals surface area contributed by atoms with E-state index in [9.17, 15) is 9.59 Å². The van der Waals surface area contributed by atoms with Gasteiger partial charge in [-0.2, -0.15) is 5.10 Å². The van der Waals surface area contributed by atoms with Gasteiger partial charge in [0.2, 0.25) is 0 Å². The average Bonchev–Trinajstić information content (AvgIpc) is 3.51. The fourth-order valence-corrected chi connectivity index (χ4v) is 2.93. The van der Waals surface area contributed by atoms with E-state index >= 15 is 0 Å². The number of benzene rings is 1. The summed E-state index contributed by atoms with van der Waals surface area (Å²) in [5, 5.41) is 4.83. The van der Waals surface area contributed by atoms with Crippen LogP contribution in [0.1, 0.15) is 33.5 Å². The third-order valence-electron chi connectivity index (χ3n) is 4.24. The van der Waals surface area contributed by atoms with E-state index in [0.717, 1.165) is 5.92 Å². The van der Waals surface area contributed by atoms with E-state index in [2.05, 4.69) is 5.10 Å². The summed E-state index contributed by atoms with van der Waals surface area (Å²) in [5.41, 5.74) is 1.41. The molecule has 0 spiro atoms. The van der Waals surface area contributed by atoms with Gasteiger partial charge in [-0.15, -0.1) is 0 Å². The van der Waals surface area contributed by atoms with Crippen LogP contribution in [0.2, 0.25) is 5.02 Å². The summed E-state index contributed by atoms with van der Waals surface area (Å²) in [6.07, 6.45) is 17.6. The monoisotopic (exact) mass is 476 g/mol. The minimum Gasteiger partial charge on any atom is -0.461 e. The van der Waals surface area contributed by atoms with E-state index in [1.165, 1.54) is 4.68 Å². The molecule has 5 nitrogen and oxygen atoms in total. The number of carbonyl (C=O) groups excluding carboxylic acids is 2. The predicted molar refractivity (Wildman–Crippen MR) is 115 cm³/mol. The predicted octanol–water partition coefficient (Wildman–Crippen LogP) is 4.37. The van der Waals surface area contributed by atoms with Gasteiger partial charge in [-0.3, -0.25) is 9.48 Å². The van der Waals surface area contributed by atoms with E-state index in [4.69, 9.17) is 16.3 Å². The van der Waals surface area contributed by atoms with Crippen molar-refractivity contribution in [2.24, 2.45) is 0 Å². The van der Waals surface area contributed by atoms with Gasteiger partial charge in [0.25, 0.3) is 0 Å². The molecule has 2 fully saturated rings. The second-order valence-corrected chi connectivity index (χ2v) is 6.80. The molecule has 0 aliphatic heterocycles. The zero-order valence-electron chi connectivity index (χ0n) is 16.8. The number of hydrogen-bond donors (Lipinski definition) is 0. The van der Waals surface area contributed by atoms with Crippen molar-refractivity contribution in [3.8, 4) is 0 Å². The van der Waals surface area contributed by atoms with Crippen molar-refractivity contribution in [2.75, 3.05) is 6.61 Å². The molecule has 0 unspecified atom stereocenters. The molecule has 2 saturated carbocycles. The van der Waals surface area contributed by atoms with Gasteiger partial charge in [0, 0.05) is 22.2 Å². The fourth-order valence-electron chi connectivity index (χ4n) is 2.80. The molecule has 1 aromatic carbocycles. The number of hydrogen-bond acceptors (Lipinski definition) is 4. The minimum atomic E-state index is -0.506. The van der Waals surface area contributed by atoms with E-state index < -0.39 is 5.97 Å². The molecule has 0 amide bonds. The molecule has 0 saturated heterocycles. The molecular weight excluding hydrogens is 456 g/mol. The smallest absolute Gasteiger partial charge is 0.461 e. The number of esters is 1. The number of nitrogens with zero attached hydrogens (tertiary/aromatic N) is 2. The Hall–Kier alpha value is -1.62. The number of carbonyl (C=O) groups is 2. The van der Waals surface area contributed by atoms with Gasteiger partial charge >= 0.3 is 23.0 Å². The summed E-state index contributed by atoms with van der Waals surface area (Å²) < 4.78 is 6.53. The zero-order valence-corrected chi connectivity index (χ0v) is 18.7. The third kappa shape index (κ3) is 7.48. The number of aromatic nitrogens is 2. The van der Waals surface area contributed by atoms with E-state index in [0.29, 0.717) is 16.3 Å². The topological polar surface area (TPSA) is 61.2 Å². The summed E-state index contributed by atoms with van der Waals surface area (Å²) in [5.74, 6) is 0.253. The molecule has 31 heavy (non-hydrogen) atoms. The summed E-state index contributed by atoms with van der Waals surface area (Å²) >= 11 is 5.86. The quantitative estimate of drug-likeness (QED) is 0.353. The van der Waals surface area contributed by atoms with Crippen LogP contribution in [-0.4, -0.2) is 28.1 Å². The number of Topliss-reactive ketones (excluding diaryl/α,β-unsaturated/α-hetero) is 1. The summed E-state index contributed by atoms with van der Waals surface area (Å²) in [7, 11) is 0. The molecule has 0 N–H and O–H groups in total. The molecule has 10 radical (unpaired) electrons. The maximum atomic E-state index is 12.5. The molecule has 1 heterocycles. The summed E-state index contributed by atoms with van der Waals surface area (Å²) in [6, 6.07) is 8.31. The second kappa shape index (κ2) is 13.0. The van der Waals surface area contributed by atoms with Crippen molar-refractivity contribution in [3.63, 3.8) is 0 Å². The van der Waals surface area contributed by atoms with Crippen LogP contribution in [0.25, 0.3) is 0 Å². The fraction of sp³-hybridized carbons (Fsp3) is 0.125. The van der Waals surface area contributed by atoms with Crippen molar-refractivity contribution in [2.45, 2.75) is 13.5 Å². The first-order valence-electron chi connectivity index (χ1n) is 9.51. The van der Waals surface area contributed by atoms with Gasteiger partial charge < -0.3 is 4.74 Å². The number of ether oxygens (including phenoxy) is 1. The zero-order chi connectivity index (χ0) is 21.3. The van der Waals surface area contributed by atoms with E-state index in [-0.39, 0.29) is 41.7 Å². The molecule has 2 aromatic rings. The van der Waals surface area contributed by atoms with Crippen LogP contribution in [0.4, 0.5) is 0 Å². The molecule has 0 bridgehead atoms. The molecule has 7 heteroatoms. The van der Waals surface area contributed by atoms with Crippen molar-refractivity contribution in [1.82, 2.24) is 9.78 Å². The molecule has 2 aliphatic carbocycles. The maximum absolute atomic E-state index is 12.5. The van der Waals surface area contributed by atoms with Crippen LogP contribution in [0.15, 0.2) is 30.3 Å². The Morgan fingerprint density at radius 2 is 1.55 bits per heavy atom. The van der Waals surface area contributed by atoms with Gasteiger partial charge in [-0.25, -0.2) is 4.79 Å². The minimum absolute atomic E-state index is 0. The van der Waals surface area contributed by atoms with Crippen LogP contribution < -0.4 is 0 Å². The first-order chi connectivity index (χ1) is 14.6. The Morgan fingerprint density at radius 3 is 2.10 bits per heavy atom. The Kier molecular flexibility index (Phi) is 10.8. The van der Waals surface area contributed by atoms with Crippen molar-refractivity contribution in [3.05, 3.63) is 116 Å². The first kappa shape index (κ1) is 25.6. The Balaban J connectivity index is 0.000000501. The van der Waals surface area contributed by atoms with Crippen LogP contribution in [-0.2, 0) is 28.4 Å². The molecule has 158 valence electrons. The third-order valence-corrected chi connectivity index (χ3v) is 4.49. The largest absolute Gasteiger partial charge is 2.00 e. The van der Waals surface area contributed by atoms with Crippen LogP contribution in [0.3, 0.4) is 0 Å². The van der Waals surface area contributed by atoms with Crippen LogP contribution >= 0.6 is 11.6 Å². The van der Waals surface area contributed by atoms with Gasteiger partial charge in [0.1, 0.15) is 6.54 Å². The van der Waals surface area contributed by atoms with E-state index in [1.54, 1.807) is 37.3 Å². The molecule has 1 aromatic heterocycles. The van der Waals surface area contributed by atoms with Crippen molar-refractivity contribution in [1.29, 1.82) is 0 Å². The number of ketones is 1. The normalized spacial score (nSPS) is 15.7.